The number of halogens is 2. The molecule has 1 N–H and O–H groups in total. The Morgan fingerprint density at radius 3 is 2.56 bits per heavy atom. The Morgan fingerprint density at radius 2 is 2.00 bits per heavy atom. The van der Waals surface area contributed by atoms with Crippen LogP contribution in [0.15, 0.2) is 41.6 Å². The highest BCUT2D eigenvalue weighted by Gasteiger charge is 2.33. The minimum absolute atomic E-state index is 0.111. The van der Waals surface area contributed by atoms with Crippen LogP contribution in [0, 0.1) is 5.21 Å². The van der Waals surface area contributed by atoms with Crippen molar-refractivity contribution in [3.8, 4) is 17.1 Å². The molecule has 7 nitrogen and oxygen atoms in total. The number of pyridine rings is 2. The monoisotopic (exact) mass is 375 g/mol. The van der Waals surface area contributed by atoms with Gasteiger partial charge in [0.1, 0.15) is 0 Å². The summed E-state index contributed by atoms with van der Waals surface area (Å²) in [6.45, 7) is 1.20. The molecule has 10 heteroatoms. The molecule has 136 valence electrons. The smallest absolute Gasteiger partial charge is 0.347 e. The predicted octanol–water partition coefficient (Wildman–Crippen LogP) is 1.34. The van der Waals surface area contributed by atoms with Crippen LogP contribution in [0.4, 0.5) is 8.78 Å². The summed E-state index contributed by atoms with van der Waals surface area (Å²) in [5, 5.41) is 22.2. The topological polar surface area (TPSA) is 94.4 Å². The van der Waals surface area contributed by atoms with Gasteiger partial charge in [-0.3, -0.25) is 5.21 Å². The van der Waals surface area contributed by atoms with Crippen LogP contribution >= 0.6 is 0 Å². The molecule has 2 rings (SSSR count). The van der Waals surface area contributed by atoms with E-state index in [2.05, 4.69) is 0 Å². The molecule has 0 unspecified atom stereocenters. The lowest BCUT2D eigenvalue weighted by atomic mass is 10.2. The minimum atomic E-state index is -3.72. The van der Waals surface area contributed by atoms with Crippen molar-refractivity contribution in [2.75, 3.05) is 12.4 Å². The standard InChI is InChI=1S/C15H17F2N2O5S/c1-3-25(22,23)13-5-4-8-18(20)14(13)12-7-6-11(9-19(12)21)24-10-15(2,16)17/h4-9,20H,3,10H2,1-2H3/q+1. The predicted molar refractivity (Wildman–Crippen MR) is 82.1 cm³/mol. The molecule has 0 aromatic carbocycles. The number of nitrogens with zero attached hydrogens (tertiary/aromatic N) is 2. The maximum atomic E-state index is 12.8. The van der Waals surface area contributed by atoms with E-state index in [0.29, 0.717) is 11.7 Å². The molecule has 0 saturated heterocycles. The molecule has 0 bridgehead atoms. The molecular weight excluding hydrogens is 358 g/mol. The second kappa shape index (κ2) is 6.79. The highest BCUT2D eigenvalue weighted by atomic mass is 32.2. The lowest BCUT2D eigenvalue weighted by Crippen LogP contribution is -2.40. The van der Waals surface area contributed by atoms with Crippen LogP contribution in [0.5, 0.6) is 5.75 Å². The first-order valence-corrected chi connectivity index (χ1v) is 8.91. The van der Waals surface area contributed by atoms with Crippen molar-refractivity contribution in [2.45, 2.75) is 24.7 Å². The molecule has 0 fully saturated rings. The average Bonchev–Trinajstić information content (AvgIpc) is 2.52. The van der Waals surface area contributed by atoms with Gasteiger partial charge in [0.05, 0.1) is 5.75 Å². The Balaban J connectivity index is 2.50. The van der Waals surface area contributed by atoms with Gasteiger partial charge in [0.2, 0.25) is 12.4 Å². The zero-order valence-corrected chi connectivity index (χ0v) is 14.3. The van der Waals surface area contributed by atoms with E-state index >= 15 is 0 Å². The van der Waals surface area contributed by atoms with E-state index in [-0.39, 0.29) is 32.5 Å². The van der Waals surface area contributed by atoms with Crippen LogP contribution in [0.25, 0.3) is 11.4 Å². The van der Waals surface area contributed by atoms with Crippen LogP contribution in [0.3, 0.4) is 0 Å². The first-order chi connectivity index (χ1) is 11.5. The van der Waals surface area contributed by atoms with Gasteiger partial charge in [-0.25, -0.2) is 17.2 Å². The maximum Gasteiger partial charge on any atom is 0.347 e. The number of alkyl halides is 2. The minimum Gasteiger partial charge on any atom is -0.618 e. The Kier molecular flexibility index (Phi) is 5.12. The molecule has 0 saturated carbocycles. The van der Waals surface area contributed by atoms with Crippen molar-refractivity contribution < 1.29 is 36.6 Å². The third kappa shape index (κ3) is 4.32. The number of hydrogen-bond donors (Lipinski definition) is 1. The Labute approximate surface area is 143 Å². The summed E-state index contributed by atoms with van der Waals surface area (Å²) in [6, 6.07) is 5.02. The summed E-state index contributed by atoms with van der Waals surface area (Å²) in [7, 11) is -3.72. The molecule has 0 aliphatic rings. The van der Waals surface area contributed by atoms with Crippen LogP contribution in [0.1, 0.15) is 13.8 Å². The summed E-state index contributed by atoms with van der Waals surface area (Å²) in [6.07, 6.45) is 2.06. The molecule has 0 atom stereocenters. The maximum absolute atomic E-state index is 12.8. The molecule has 0 amide bonds. The van der Waals surface area contributed by atoms with Gasteiger partial charge in [-0.1, -0.05) is 6.92 Å². The molecule has 0 aliphatic carbocycles. The first kappa shape index (κ1) is 18.8. The van der Waals surface area contributed by atoms with Crippen molar-refractivity contribution in [3.63, 3.8) is 0 Å². The highest BCUT2D eigenvalue weighted by molar-refractivity contribution is 7.91. The Morgan fingerprint density at radius 1 is 1.32 bits per heavy atom. The van der Waals surface area contributed by atoms with E-state index in [1.54, 1.807) is 0 Å². The van der Waals surface area contributed by atoms with Gasteiger partial charge in [-0.05, 0) is 12.1 Å². The van der Waals surface area contributed by atoms with E-state index in [1.165, 1.54) is 37.4 Å². The van der Waals surface area contributed by atoms with Gasteiger partial charge in [0, 0.05) is 23.8 Å². The van der Waals surface area contributed by atoms with Crippen molar-refractivity contribution in [2.24, 2.45) is 0 Å². The van der Waals surface area contributed by atoms with Gasteiger partial charge in [0.15, 0.2) is 27.1 Å². The van der Waals surface area contributed by atoms with Gasteiger partial charge < -0.3 is 9.94 Å². The van der Waals surface area contributed by atoms with Crippen molar-refractivity contribution >= 4 is 9.84 Å². The molecule has 0 spiro atoms. The van der Waals surface area contributed by atoms with Crippen LogP contribution < -0.4 is 14.2 Å². The van der Waals surface area contributed by atoms with Crippen LogP contribution in [-0.4, -0.2) is 31.9 Å². The van der Waals surface area contributed by atoms with E-state index in [4.69, 9.17) is 4.74 Å². The molecular formula is C15H17F2N2O5S+. The van der Waals surface area contributed by atoms with E-state index < -0.39 is 22.4 Å². The highest BCUT2D eigenvalue weighted by Crippen LogP contribution is 2.24. The fourth-order valence-electron chi connectivity index (χ4n) is 2.07. The van der Waals surface area contributed by atoms with Crippen molar-refractivity contribution in [1.29, 1.82) is 0 Å². The van der Waals surface area contributed by atoms with Gasteiger partial charge in [-0.15, -0.1) is 0 Å². The summed E-state index contributed by atoms with van der Waals surface area (Å²) in [4.78, 5) is -0.224. The molecule has 2 heterocycles. The van der Waals surface area contributed by atoms with Gasteiger partial charge >= 0.3 is 5.69 Å². The summed E-state index contributed by atoms with van der Waals surface area (Å²) >= 11 is 0. The largest absolute Gasteiger partial charge is 0.618 e. The summed E-state index contributed by atoms with van der Waals surface area (Å²) in [5.74, 6) is -3.40. The van der Waals surface area contributed by atoms with Gasteiger partial charge in [0.25, 0.3) is 11.6 Å². The molecule has 2 aromatic rings. The lowest BCUT2D eigenvalue weighted by Gasteiger charge is -2.12. The van der Waals surface area contributed by atoms with Crippen molar-refractivity contribution in [3.05, 3.63) is 41.9 Å². The second-order valence-electron chi connectivity index (χ2n) is 5.40. The summed E-state index contributed by atoms with van der Waals surface area (Å²) in [5.41, 5.74) is -0.405. The molecule has 0 radical (unpaired) electrons. The second-order valence-corrected chi connectivity index (χ2v) is 7.65. The normalized spacial score (nSPS) is 12.2. The van der Waals surface area contributed by atoms with E-state index in [1.807, 2.05) is 0 Å². The summed E-state index contributed by atoms with van der Waals surface area (Å²) < 4.78 is 55.6. The average molecular weight is 375 g/mol. The fourth-order valence-corrected chi connectivity index (χ4v) is 3.16. The van der Waals surface area contributed by atoms with E-state index in [0.717, 1.165) is 6.20 Å². The number of aromatic nitrogens is 2. The van der Waals surface area contributed by atoms with E-state index in [9.17, 15) is 27.6 Å². The fraction of sp³-hybridized carbons (Fsp3) is 0.333. The SMILES string of the molecule is CCS(=O)(=O)c1ccc[n+](O)c1-c1ccc(OCC(C)(F)F)c[n+]1[O-]. The van der Waals surface area contributed by atoms with Crippen molar-refractivity contribution in [1.82, 2.24) is 0 Å². The lowest BCUT2D eigenvalue weighted by molar-refractivity contribution is -0.899. The zero-order valence-electron chi connectivity index (χ0n) is 13.5. The molecule has 0 aliphatic heterocycles. The molecule has 2 aromatic heterocycles. The molecule has 25 heavy (non-hydrogen) atoms. The number of rotatable bonds is 6. The van der Waals surface area contributed by atoms with Crippen LogP contribution in [0.2, 0.25) is 0 Å². The Hall–Kier alpha value is -2.49. The number of ether oxygens (including phenoxy) is 1. The zero-order chi connectivity index (χ0) is 18.8. The quantitative estimate of drug-likeness (QED) is 0.467. The van der Waals surface area contributed by atoms with Gasteiger partial charge in [-0.2, -0.15) is 4.73 Å². The first-order valence-electron chi connectivity index (χ1n) is 7.26. The Bertz CT molecular complexity index is 882. The number of hydrogen-bond acceptors (Lipinski definition) is 5. The number of sulfone groups is 1. The third-order valence-corrected chi connectivity index (χ3v) is 5.03. The third-order valence-electron chi connectivity index (χ3n) is 3.27. The van der Waals surface area contributed by atoms with Crippen LogP contribution in [-0.2, 0) is 9.84 Å².